The molecule has 2 heterocycles. The van der Waals surface area contributed by atoms with Crippen LogP contribution in [0.1, 0.15) is 5.69 Å². The van der Waals surface area contributed by atoms with Crippen LogP contribution in [0.15, 0.2) is 6.07 Å². The lowest BCUT2D eigenvalue weighted by atomic mass is 10.3. The Morgan fingerprint density at radius 2 is 2.00 bits per heavy atom. The van der Waals surface area contributed by atoms with Crippen LogP contribution in [-0.2, 0) is 0 Å². The van der Waals surface area contributed by atoms with Crippen molar-refractivity contribution in [1.29, 1.82) is 0 Å². The van der Waals surface area contributed by atoms with Gasteiger partial charge in [-0.05, 0) is 6.92 Å². The van der Waals surface area contributed by atoms with Crippen molar-refractivity contribution >= 4 is 11.8 Å². The van der Waals surface area contributed by atoms with Gasteiger partial charge in [-0.2, -0.15) is 4.98 Å². The predicted molar refractivity (Wildman–Crippen MR) is 72.1 cm³/mol. The van der Waals surface area contributed by atoms with Crippen LogP contribution >= 0.6 is 0 Å². The smallest absolute Gasteiger partial charge is 0.224 e. The summed E-state index contributed by atoms with van der Waals surface area (Å²) in [4.78, 5) is 13.3. The minimum Gasteiger partial charge on any atom is -0.395 e. The zero-order valence-electron chi connectivity index (χ0n) is 11.1. The molecule has 100 valence electrons. The average molecular weight is 251 g/mol. The summed E-state index contributed by atoms with van der Waals surface area (Å²) in [5, 5.41) is 11.9. The van der Waals surface area contributed by atoms with E-state index >= 15 is 0 Å². The van der Waals surface area contributed by atoms with E-state index in [0.29, 0.717) is 5.95 Å². The molecule has 0 atom stereocenters. The van der Waals surface area contributed by atoms with E-state index in [1.54, 1.807) is 0 Å². The molecule has 1 aromatic heterocycles. The van der Waals surface area contributed by atoms with Gasteiger partial charge in [0, 0.05) is 51.5 Å². The fraction of sp³-hybridized carbons (Fsp3) is 0.667. The van der Waals surface area contributed by atoms with Crippen LogP contribution in [0.2, 0.25) is 0 Å². The molecule has 1 aliphatic rings. The van der Waals surface area contributed by atoms with E-state index in [-0.39, 0.29) is 6.61 Å². The first-order chi connectivity index (χ1) is 8.72. The van der Waals surface area contributed by atoms with E-state index < -0.39 is 0 Å². The number of rotatable bonds is 4. The van der Waals surface area contributed by atoms with Crippen LogP contribution in [0, 0.1) is 6.92 Å². The maximum Gasteiger partial charge on any atom is 0.224 e. The molecule has 0 amide bonds. The first kappa shape index (κ1) is 13.0. The first-order valence-electron chi connectivity index (χ1n) is 6.34. The molecule has 0 spiro atoms. The molecule has 1 aliphatic heterocycles. The van der Waals surface area contributed by atoms with Gasteiger partial charge in [-0.25, -0.2) is 4.98 Å². The number of aromatic nitrogens is 2. The Labute approximate surface area is 108 Å². The number of nitrogens with zero attached hydrogens (tertiary/aromatic N) is 4. The molecule has 0 radical (unpaired) electrons. The molecule has 1 saturated heterocycles. The van der Waals surface area contributed by atoms with Crippen molar-refractivity contribution in [1.82, 2.24) is 14.9 Å². The van der Waals surface area contributed by atoms with Crippen LogP contribution in [0.4, 0.5) is 11.8 Å². The number of piperazine rings is 1. The van der Waals surface area contributed by atoms with Crippen molar-refractivity contribution in [2.24, 2.45) is 0 Å². The number of nitrogens with one attached hydrogen (secondary N) is 1. The molecule has 2 N–H and O–H groups in total. The highest BCUT2D eigenvalue weighted by Crippen LogP contribution is 2.16. The topological polar surface area (TPSA) is 64.5 Å². The highest BCUT2D eigenvalue weighted by molar-refractivity contribution is 5.45. The van der Waals surface area contributed by atoms with Gasteiger partial charge >= 0.3 is 0 Å². The Morgan fingerprint density at radius 3 is 2.61 bits per heavy atom. The highest BCUT2D eigenvalue weighted by Gasteiger charge is 2.18. The maximum atomic E-state index is 8.92. The number of aliphatic hydroxyl groups excluding tert-OH is 1. The number of β-amino-alcohol motifs (C(OH)–C–C–N with tert-alkyl or cyclic N) is 1. The van der Waals surface area contributed by atoms with E-state index in [1.165, 1.54) is 0 Å². The molecular weight excluding hydrogens is 230 g/mol. The van der Waals surface area contributed by atoms with E-state index in [0.717, 1.165) is 44.2 Å². The molecular formula is C12H21N5O. The van der Waals surface area contributed by atoms with Gasteiger partial charge in [0.1, 0.15) is 5.82 Å². The van der Waals surface area contributed by atoms with Gasteiger partial charge in [0.25, 0.3) is 0 Å². The summed E-state index contributed by atoms with van der Waals surface area (Å²) in [5.41, 5.74) is 0.974. The summed E-state index contributed by atoms with van der Waals surface area (Å²) >= 11 is 0. The Morgan fingerprint density at radius 1 is 1.28 bits per heavy atom. The van der Waals surface area contributed by atoms with Gasteiger partial charge in [0.15, 0.2) is 0 Å². The minimum atomic E-state index is 0.233. The van der Waals surface area contributed by atoms with Crippen molar-refractivity contribution in [3.05, 3.63) is 11.8 Å². The van der Waals surface area contributed by atoms with Gasteiger partial charge in [-0.3, -0.25) is 4.90 Å². The Kier molecular flexibility index (Phi) is 4.33. The summed E-state index contributed by atoms with van der Waals surface area (Å²) in [6, 6.07) is 2.02. The van der Waals surface area contributed by atoms with Crippen molar-refractivity contribution in [2.75, 3.05) is 56.6 Å². The summed E-state index contributed by atoms with van der Waals surface area (Å²) < 4.78 is 0. The molecule has 0 unspecified atom stereocenters. The van der Waals surface area contributed by atoms with E-state index in [9.17, 15) is 0 Å². The molecule has 0 aliphatic carbocycles. The fourth-order valence-electron chi connectivity index (χ4n) is 2.17. The molecule has 0 bridgehead atoms. The molecule has 1 aromatic rings. The van der Waals surface area contributed by atoms with Gasteiger partial charge in [0.2, 0.25) is 5.95 Å². The van der Waals surface area contributed by atoms with Crippen molar-refractivity contribution in [3.8, 4) is 0 Å². The Bertz CT molecular complexity index is 390. The van der Waals surface area contributed by atoms with E-state index in [1.807, 2.05) is 20.0 Å². The van der Waals surface area contributed by atoms with Gasteiger partial charge < -0.3 is 15.3 Å². The lowest BCUT2D eigenvalue weighted by molar-refractivity contribution is 0.188. The Hall–Kier alpha value is -1.40. The lowest BCUT2D eigenvalue weighted by Crippen LogP contribution is -2.47. The minimum absolute atomic E-state index is 0.233. The largest absolute Gasteiger partial charge is 0.395 e. The summed E-state index contributed by atoms with van der Waals surface area (Å²) in [7, 11) is 1.83. The molecule has 2 rings (SSSR count). The van der Waals surface area contributed by atoms with Crippen LogP contribution in [0.3, 0.4) is 0 Å². The number of hydrogen-bond acceptors (Lipinski definition) is 6. The predicted octanol–water partition coefficient (Wildman–Crippen LogP) is -0.0590. The van der Waals surface area contributed by atoms with Crippen molar-refractivity contribution in [3.63, 3.8) is 0 Å². The molecule has 18 heavy (non-hydrogen) atoms. The van der Waals surface area contributed by atoms with Gasteiger partial charge in [0.05, 0.1) is 6.61 Å². The summed E-state index contributed by atoms with van der Waals surface area (Å²) in [6.07, 6.45) is 0. The van der Waals surface area contributed by atoms with Gasteiger partial charge in [-0.15, -0.1) is 0 Å². The van der Waals surface area contributed by atoms with Crippen LogP contribution < -0.4 is 10.2 Å². The van der Waals surface area contributed by atoms with Crippen molar-refractivity contribution < 1.29 is 5.11 Å². The molecule has 6 nitrogen and oxygen atoms in total. The second-order valence-electron chi connectivity index (χ2n) is 4.49. The SMILES string of the molecule is CNc1nc(C)cc(N2CCN(CCO)CC2)n1. The zero-order valence-corrected chi connectivity index (χ0v) is 11.1. The normalized spacial score (nSPS) is 16.9. The number of aliphatic hydroxyl groups is 1. The number of anilines is 2. The standard InChI is InChI=1S/C12H21N5O/c1-10-9-11(15-12(13-2)14-10)17-5-3-16(4-6-17)7-8-18/h9,18H,3-8H2,1-2H3,(H,13,14,15). The number of aryl methyl sites for hydroxylation is 1. The fourth-order valence-corrected chi connectivity index (χ4v) is 2.17. The van der Waals surface area contributed by atoms with Gasteiger partial charge in [-0.1, -0.05) is 0 Å². The third kappa shape index (κ3) is 3.08. The lowest BCUT2D eigenvalue weighted by Gasteiger charge is -2.35. The number of hydrogen-bond donors (Lipinski definition) is 2. The summed E-state index contributed by atoms with van der Waals surface area (Å²) in [5.74, 6) is 1.65. The average Bonchev–Trinajstić information content (AvgIpc) is 2.39. The van der Waals surface area contributed by atoms with E-state index in [2.05, 4.69) is 25.1 Å². The Balaban J connectivity index is 2.02. The first-order valence-corrected chi connectivity index (χ1v) is 6.34. The quantitative estimate of drug-likeness (QED) is 0.782. The highest BCUT2D eigenvalue weighted by atomic mass is 16.3. The second-order valence-corrected chi connectivity index (χ2v) is 4.49. The van der Waals surface area contributed by atoms with Crippen LogP contribution in [0.5, 0.6) is 0 Å². The monoisotopic (exact) mass is 251 g/mol. The van der Waals surface area contributed by atoms with Crippen LogP contribution in [0.25, 0.3) is 0 Å². The maximum absolute atomic E-state index is 8.92. The summed E-state index contributed by atoms with van der Waals surface area (Å²) in [6.45, 7) is 6.80. The van der Waals surface area contributed by atoms with Crippen molar-refractivity contribution in [2.45, 2.75) is 6.92 Å². The molecule has 0 aromatic carbocycles. The molecule has 0 saturated carbocycles. The van der Waals surface area contributed by atoms with E-state index in [4.69, 9.17) is 5.11 Å². The molecule has 1 fully saturated rings. The third-order valence-corrected chi connectivity index (χ3v) is 3.18. The van der Waals surface area contributed by atoms with Crippen LogP contribution in [-0.4, -0.2) is 66.4 Å². The molecule has 6 heteroatoms. The third-order valence-electron chi connectivity index (χ3n) is 3.18. The zero-order chi connectivity index (χ0) is 13.0. The second kappa shape index (κ2) is 5.97.